The molecule has 10 heteroatoms. The molecule has 1 aromatic heterocycles. The maximum atomic E-state index is 13.2. The van der Waals surface area contributed by atoms with Crippen LogP contribution in [0.2, 0.25) is 5.02 Å². The summed E-state index contributed by atoms with van der Waals surface area (Å²) in [5.74, 6) is -0.0350. The summed E-state index contributed by atoms with van der Waals surface area (Å²) in [6.45, 7) is 0.0400. The Morgan fingerprint density at radius 2 is 1.82 bits per heavy atom. The largest absolute Gasteiger partial charge is 0.468 e. The van der Waals surface area contributed by atoms with E-state index in [4.69, 9.17) is 28.2 Å². The molecule has 0 spiro atoms. The molecule has 0 aliphatic heterocycles. The molecule has 0 saturated carbocycles. The second-order valence-corrected chi connectivity index (χ2v) is 8.22. The first-order valence-electron chi connectivity index (χ1n) is 7.99. The van der Waals surface area contributed by atoms with Gasteiger partial charge in [-0.1, -0.05) is 17.7 Å². The van der Waals surface area contributed by atoms with E-state index in [1.807, 2.05) is 0 Å². The van der Waals surface area contributed by atoms with E-state index in [2.05, 4.69) is 15.4 Å². The van der Waals surface area contributed by atoms with Crippen LogP contribution in [-0.4, -0.2) is 13.5 Å². The molecule has 2 aromatic carbocycles. The monoisotopic (exact) mass is 439 g/mol. The van der Waals surface area contributed by atoms with Gasteiger partial charge in [0, 0.05) is 11.4 Å². The summed E-state index contributed by atoms with van der Waals surface area (Å²) < 4.78 is 45.7. The van der Waals surface area contributed by atoms with Crippen molar-refractivity contribution in [2.75, 3.05) is 10.6 Å². The van der Waals surface area contributed by atoms with Gasteiger partial charge in [-0.15, -0.1) is 0 Å². The lowest BCUT2D eigenvalue weighted by atomic mass is 10.3. The molecule has 3 aromatic rings. The molecule has 0 saturated heterocycles. The number of halogens is 2. The van der Waals surface area contributed by atoms with Crippen LogP contribution in [0.25, 0.3) is 0 Å². The minimum Gasteiger partial charge on any atom is -0.468 e. The third-order valence-corrected chi connectivity index (χ3v) is 5.49. The molecular formula is C18H15ClFN3O3S2. The van der Waals surface area contributed by atoms with Gasteiger partial charge in [-0.2, -0.15) is 0 Å². The van der Waals surface area contributed by atoms with Crippen LogP contribution in [0.5, 0.6) is 0 Å². The molecule has 3 N–H and O–H groups in total. The second-order valence-electron chi connectivity index (χ2n) is 5.64. The summed E-state index contributed by atoms with van der Waals surface area (Å²) in [4.78, 5) is 0.0664. The maximum absolute atomic E-state index is 13.2. The lowest BCUT2D eigenvalue weighted by Crippen LogP contribution is -2.23. The molecule has 6 nitrogen and oxygen atoms in total. The van der Waals surface area contributed by atoms with Crippen molar-refractivity contribution in [3.05, 3.63) is 77.5 Å². The van der Waals surface area contributed by atoms with E-state index in [0.29, 0.717) is 17.1 Å². The summed E-state index contributed by atoms with van der Waals surface area (Å²) in [6.07, 6.45) is 1.47. The van der Waals surface area contributed by atoms with E-state index in [1.54, 1.807) is 24.3 Å². The molecule has 0 fully saturated rings. The van der Waals surface area contributed by atoms with E-state index >= 15 is 0 Å². The van der Waals surface area contributed by atoms with Gasteiger partial charge in [-0.05, 0) is 60.7 Å². The molecular weight excluding hydrogens is 425 g/mol. The van der Waals surface area contributed by atoms with Crippen LogP contribution in [0.15, 0.2) is 70.2 Å². The van der Waals surface area contributed by atoms with Crippen LogP contribution < -0.4 is 15.4 Å². The number of nitrogens with one attached hydrogen (secondary N) is 3. The van der Waals surface area contributed by atoms with Gasteiger partial charge in [0.1, 0.15) is 11.6 Å². The predicted octanol–water partition coefficient (Wildman–Crippen LogP) is 4.36. The van der Waals surface area contributed by atoms with Crippen molar-refractivity contribution in [3.63, 3.8) is 0 Å². The zero-order chi connectivity index (χ0) is 20.1. The Kier molecular flexibility index (Phi) is 6.30. The smallest absolute Gasteiger partial charge is 0.241 e. The van der Waals surface area contributed by atoms with Crippen molar-refractivity contribution < 1.29 is 17.2 Å². The number of anilines is 2. The lowest BCUT2D eigenvalue weighted by Gasteiger charge is -2.12. The molecule has 0 radical (unpaired) electrons. The Bertz CT molecular complexity index is 1090. The number of benzene rings is 2. The Labute approximate surface area is 171 Å². The van der Waals surface area contributed by atoms with Crippen molar-refractivity contribution >= 4 is 50.3 Å². The van der Waals surface area contributed by atoms with Crippen molar-refractivity contribution in [2.24, 2.45) is 0 Å². The molecule has 0 unspecified atom stereocenters. The fourth-order valence-electron chi connectivity index (χ4n) is 2.27. The number of furan rings is 1. The normalized spacial score (nSPS) is 11.2. The number of thiocarbonyl (C=S) groups is 1. The summed E-state index contributed by atoms with van der Waals surface area (Å²) in [5.41, 5.74) is 0.958. The molecule has 28 heavy (non-hydrogen) atoms. The molecule has 0 atom stereocenters. The van der Waals surface area contributed by atoms with E-state index in [1.165, 1.54) is 36.6 Å². The van der Waals surface area contributed by atoms with Gasteiger partial charge in [0.25, 0.3) is 0 Å². The first-order chi connectivity index (χ1) is 13.3. The Morgan fingerprint density at radius 1 is 1.07 bits per heavy atom. The molecule has 1 heterocycles. The number of sulfonamides is 1. The number of hydrogen-bond acceptors (Lipinski definition) is 4. The lowest BCUT2D eigenvalue weighted by molar-refractivity contribution is 0.498. The molecule has 0 aliphatic rings. The summed E-state index contributed by atoms with van der Waals surface area (Å²) in [6, 6.07) is 13.6. The summed E-state index contributed by atoms with van der Waals surface area (Å²) >= 11 is 10.9. The molecule has 0 aliphatic carbocycles. The SMILES string of the molecule is O=S(=O)(NCc1ccco1)c1cccc(NC(=S)Nc2ccc(F)c(Cl)c2)c1. The molecule has 0 bridgehead atoms. The first-order valence-corrected chi connectivity index (χ1v) is 10.3. The van der Waals surface area contributed by atoms with Crippen LogP contribution in [-0.2, 0) is 16.6 Å². The van der Waals surface area contributed by atoms with Gasteiger partial charge < -0.3 is 15.1 Å². The fourth-order valence-corrected chi connectivity index (χ4v) is 3.73. The third kappa shape index (κ3) is 5.29. The highest BCUT2D eigenvalue weighted by atomic mass is 35.5. The highest BCUT2D eigenvalue weighted by Crippen LogP contribution is 2.20. The standard InChI is InChI=1S/C18H15ClFN3O3S2/c19-16-10-13(6-7-17(16)20)23-18(27)22-12-3-1-5-15(9-12)28(24,25)21-11-14-4-2-8-26-14/h1-10,21H,11H2,(H2,22,23,27). The Morgan fingerprint density at radius 3 is 2.50 bits per heavy atom. The van der Waals surface area contributed by atoms with Crippen LogP contribution >= 0.6 is 23.8 Å². The molecule has 146 valence electrons. The fraction of sp³-hybridized carbons (Fsp3) is 0.0556. The maximum Gasteiger partial charge on any atom is 0.241 e. The number of hydrogen-bond donors (Lipinski definition) is 3. The van der Waals surface area contributed by atoms with Gasteiger partial charge in [-0.25, -0.2) is 17.5 Å². The minimum absolute atomic E-state index is 0.0384. The summed E-state index contributed by atoms with van der Waals surface area (Å²) in [5, 5.41) is 5.89. The number of rotatable bonds is 6. The van der Waals surface area contributed by atoms with Crippen LogP contribution in [0, 0.1) is 5.82 Å². The van der Waals surface area contributed by atoms with Crippen LogP contribution in [0.4, 0.5) is 15.8 Å². The topological polar surface area (TPSA) is 83.4 Å². The average molecular weight is 440 g/mol. The summed E-state index contributed by atoms with van der Waals surface area (Å²) in [7, 11) is -3.74. The van der Waals surface area contributed by atoms with Gasteiger partial charge in [0.15, 0.2) is 5.11 Å². The molecule has 0 amide bonds. The van der Waals surface area contributed by atoms with Crippen molar-refractivity contribution in [2.45, 2.75) is 11.4 Å². The minimum atomic E-state index is -3.74. The zero-order valence-electron chi connectivity index (χ0n) is 14.3. The van der Waals surface area contributed by atoms with Crippen molar-refractivity contribution in [3.8, 4) is 0 Å². The van der Waals surface area contributed by atoms with Crippen LogP contribution in [0.3, 0.4) is 0 Å². The van der Waals surface area contributed by atoms with E-state index < -0.39 is 15.8 Å². The van der Waals surface area contributed by atoms with Gasteiger partial charge in [-0.3, -0.25) is 0 Å². The predicted molar refractivity (Wildman–Crippen MR) is 110 cm³/mol. The van der Waals surface area contributed by atoms with E-state index in [9.17, 15) is 12.8 Å². The highest BCUT2D eigenvalue weighted by molar-refractivity contribution is 7.89. The zero-order valence-corrected chi connectivity index (χ0v) is 16.7. The Hall–Kier alpha value is -2.46. The quantitative estimate of drug-likeness (QED) is 0.495. The van der Waals surface area contributed by atoms with Crippen molar-refractivity contribution in [1.29, 1.82) is 0 Å². The van der Waals surface area contributed by atoms with E-state index in [-0.39, 0.29) is 21.6 Å². The van der Waals surface area contributed by atoms with Crippen molar-refractivity contribution in [1.82, 2.24) is 4.72 Å². The van der Waals surface area contributed by atoms with E-state index in [0.717, 1.165) is 0 Å². The van der Waals surface area contributed by atoms with Gasteiger partial charge in [0.05, 0.1) is 22.7 Å². The second kappa shape index (κ2) is 8.70. The molecule has 3 rings (SSSR count). The highest BCUT2D eigenvalue weighted by Gasteiger charge is 2.15. The van der Waals surface area contributed by atoms with Crippen LogP contribution in [0.1, 0.15) is 5.76 Å². The Balaban J connectivity index is 1.66. The third-order valence-electron chi connectivity index (χ3n) is 3.60. The van der Waals surface area contributed by atoms with Gasteiger partial charge >= 0.3 is 0 Å². The average Bonchev–Trinajstić information content (AvgIpc) is 3.17. The van der Waals surface area contributed by atoms with Gasteiger partial charge in [0.2, 0.25) is 10.0 Å². The first kappa shape index (κ1) is 20.3.